The van der Waals surface area contributed by atoms with Crippen LogP contribution in [0.4, 0.5) is 0 Å². The van der Waals surface area contributed by atoms with E-state index in [1.165, 1.54) is 96.3 Å². The van der Waals surface area contributed by atoms with E-state index in [-0.39, 0.29) is 5.60 Å². The molecule has 1 saturated heterocycles. The minimum atomic E-state index is 0.0937. The minimum Gasteiger partial charge on any atom is -0.502 e. The van der Waals surface area contributed by atoms with E-state index in [1.54, 1.807) is 6.26 Å². The van der Waals surface area contributed by atoms with Crippen LogP contribution in [0.2, 0.25) is 0 Å². The van der Waals surface area contributed by atoms with Crippen LogP contribution in [0.25, 0.3) is 0 Å². The third kappa shape index (κ3) is 9.31. The Bertz CT molecular complexity index is 387. The molecule has 1 aliphatic carbocycles. The second-order valence-corrected chi connectivity index (χ2v) is 9.03. The molecule has 0 spiro atoms. The van der Waals surface area contributed by atoms with Crippen molar-refractivity contribution in [1.82, 2.24) is 0 Å². The van der Waals surface area contributed by atoms with Gasteiger partial charge >= 0.3 is 0 Å². The summed E-state index contributed by atoms with van der Waals surface area (Å²) in [7, 11) is 0. The average molecular weight is 395 g/mol. The van der Waals surface area contributed by atoms with E-state index >= 15 is 0 Å². The number of rotatable bonds is 18. The van der Waals surface area contributed by atoms with E-state index in [0.29, 0.717) is 6.10 Å². The summed E-state index contributed by atoms with van der Waals surface area (Å²) >= 11 is 0. The fraction of sp³-hybridized carbons (Fsp3) is 0.920. The predicted molar refractivity (Wildman–Crippen MR) is 118 cm³/mol. The van der Waals surface area contributed by atoms with E-state index in [0.717, 1.165) is 32.2 Å². The Kier molecular flexibility index (Phi) is 12.2. The maximum absolute atomic E-state index is 6.78. The summed E-state index contributed by atoms with van der Waals surface area (Å²) in [6, 6.07) is 0. The zero-order valence-corrected chi connectivity index (χ0v) is 18.6. The number of unbranched alkanes of at least 4 members (excludes halogenated alkanes) is 7. The molecule has 2 unspecified atom stereocenters. The van der Waals surface area contributed by atoms with Crippen LogP contribution in [-0.4, -0.2) is 31.5 Å². The van der Waals surface area contributed by atoms with Crippen LogP contribution in [0.1, 0.15) is 110 Å². The molecule has 0 bridgehead atoms. The molecule has 1 saturated carbocycles. The normalized spacial score (nSPS) is 22.0. The fourth-order valence-corrected chi connectivity index (χ4v) is 4.92. The quantitative estimate of drug-likeness (QED) is 0.140. The summed E-state index contributed by atoms with van der Waals surface area (Å²) in [5.41, 5.74) is 0.0937. The fourth-order valence-electron chi connectivity index (χ4n) is 4.92. The molecule has 28 heavy (non-hydrogen) atoms. The lowest BCUT2D eigenvalue weighted by Gasteiger charge is -2.43. The van der Waals surface area contributed by atoms with Crippen LogP contribution in [-0.2, 0) is 14.2 Å². The lowest BCUT2D eigenvalue weighted by atomic mass is 9.71. The van der Waals surface area contributed by atoms with E-state index in [9.17, 15) is 0 Å². The Morgan fingerprint density at radius 2 is 1.57 bits per heavy atom. The largest absolute Gasteiger partial charge is 0.502 e. The van der Waals surface area contributed by atoms with Gasteiger partial charge in [-0.15, -0.1) is 0 Å². The first-order valence-electron chi connectivity index (χ1n) is 12.3. The first kappa shape index (κ1) is 23.7. The van der Waals surface area contributed by atoms with Gasteiger partial charge in [0, 0.05) is 0 Å². The van der Waals surface area contributed by atoms with Gasteiger partial charge in [0.2, 0.25) is 0 Å². The maximum Gasteiger partial charge on any atom is 0.104 e. The molecule has 3 heteroatoms. The highest BCUT2D eigenvalue weighted by Crippen LogP contribution is 2.42. The monoisotopic (exact) mass is 394 g/mol. The van der Waals surface area contributed by atoms with E-state index in [4.69, 9.17) is 14.2 Å². The summed E-state index contributed by atoms with van der Waals surface area (Å²) < 4.78 is 17.6. The van der Waals surface area contributed by atoms with Crippen molar-refractivity contribution in [3.8, 4) is 0 Å². The molecule has 2 fully saturated rings. The third-order valence-corrected chi connectivity index (χ3v) is 6.74. The van der Waals surface area contributed by atoms with Crippen molar-refractivity contribution in [3.63, 3.8) is 0 Å². The third-order valence-electron chi connectivity index (χ3n) is 6.74. The zero-order valence-electron chi connectivity index (χ0n) is 18.6. The second kappa shape index (κ2) is 14.4. The van der Waals surface area contributed by atoms with Gasteiger partial charge in [-0.2, -0.15) is 0 Å². The molecular formula is C25H46O3. The van der Waals surface area contributed by atoms with Crippen molar-refractivity contribution in [1.29, 1.82) is 0 Å². The lowest BCUT2D eigenvalue weighted by molar-refractivity contribution is -0.114. The topological polar surface area (TPSA) is 31.0 Å². The van der Waals surface area contributed by atoms with Crippen LogP contribution < -0.4 is 0 Å². The highest BCUT2D eigenvalue weighted by atomic mass is 16.6. The summed E-state index contributed by atoms with van der Waals surface area (Å²) in [6.45, 7) is 8.44. The summed E-state index contributed by atoms with van der Waals surface area (Å²) in [6.07, 6.45) is 23.1. The van der Waals surface area contributed by atoms with Crippen LogP contribution in [0.15, 0.2) is 12.8 Å². The van der Waals surface area contributed by atoms with Gasteiger partial charge in [-0.25, -0.2) is 0 Å². The molecule has 1 aliphatic heterocycles. The molecule has 0 aromatic heterocycles. The summed E-state index contributed by atoms with van der Waals surface area (Å²) in [5.74, 6) is 0.750. The van der Waals surface area contributed by atoms with Gasteiger partial charge in [0.05, 0.1) is 31.7 Å². The zero-order chi connectivity index (χ0) is 19.9. The van der Waals surface area contributed by atoms with Crippen LogP contribution in [0, 0.1) is 5.92 Å². The average Bonchev–Trinajstić information content (AvgIpc) is 3.56. The van der Waals surface area contributed by atoms with Crippen LogP contribution >= 0.6 is 0 Å². The van der Waals surface area contributed by atoms with Gasteiger partial charge in [0.1, 0.15) is 6.10 Å². The Morgan fingerprint density at radius 1 is 0.929 bits per heavy atom. The summed E-state index contributed by atoms with van der Waals surface area (Å²) in [5, 5.41) is 0. The molecule has 1 heterocycles. The van der Waals surface area contributed by atoms with Crippen LogP contribution in [0.5, 0.6) is 0 Å². The number of ether oxygens (including phenoxy) is 3. The first-order valence-corrected chi connectivity index (χ1v) is 12.3. The van der Waals surface area contributed by atoms with Gasteiger partial charge in [-0.3, -0.25) is 0 Å². The molecule has 0 N–H and O–H groups in total. The Hall–Kier alpha value is -0.540. The predicted octanol–water partition coefficient (Wildman–Crippen LogP) is 7.19. The number of epoxide rings is 1. The maximum atomic E-state index is 6.78. The highest BCUT2D eigenvalue weighted by molar-refractivity contribution is 4.91. The molecule has 0 radical (unpaired) electrons. The second-order valence-electron chi connectivity index (χ2n) is 9.03. The number of hydrogen-bond donors (Lipinski definition) is 0. The van der Waals surface area contributed by atoms with E-state index < -0.39 is 0 Å². The van der Waals surface area contributed by atoms with Gasteiger partial charge in [-0.1, -0.05) is 77.7 Å². The molecular weight excluding hydrogens is 348 g/mol. The van der Waals surface area contributed by atoms with E-state index in [1.807, 2.05) is 0 Å². The Balaban J connectivity index is 1.88. The Labute approximate surface area is 174 Å². The number of hydrogen-bond acceptors (Lipinski definition) is 3. The Morgan fingerprint density at radius 3 is 2.21 bits per heavy atom. The highest BCUT2D eigenvalue weighted by Gasteiger charge is 2.40. The molecule has 2 atom stereocenters. The van der Waals surface area contributed by atoms with Crippen molar-refractivity contribution in [3.05, 3.63) is 12.8 Å². The van der Waals surface area contributed by atoms with Crippen molar-refractivity contribution in [2.45, 2.75) is 121 Å². The van der Waals surface area contributed by atoms with Gasteiger partial charge in [-0.05, 0) is 44.4 Å². The molecule has 164 valence electrons. The van der Waals surface area contributed by atoms with E-state index in [2.05, 4.69) is 13.5 Å². The molecule has 3 nitrogen and oxygen atoms in total. The van der Waals surface area contributed by atoms with Crippen molar-refractivity contribution >= 4 is 0 Å². The smallest absolute Gasteiger partial charge is 0.104 e. The lowest BCUT2D eigenvalue weighted by Crippen LogP contribution is -2.43. The molecule has 0 amide bonds. The molecule has 2 aliphatic rings. The summed E-state index contributed by atoms with van der Waals surface area (Å²) in [4.78, 5) is 0. The SMILES string of the molecule is C=COCCCCCC(CCCCCCCC)(OCC1CO1)C1CCCCC1. The van der Waals surface area contributed by atoms with Crippen LogP contribution in [0.3, 0.4) is 0 Å². The van der Waals surface area contributed by atoms with Crippen molar-refractivity contribution in [2.75, 3.05) is 19.8 Å². The van der Waals surface area contributed by atoms with Crippen molar-refractivity contribution in [2.24, 2.45) is 5.92 Å². The van der Waals surface area contributed by atoms with Crippen molar-refractivity contribution < 1.29 is 14.2 Å². The molecule has 0 aromatic carbocycles. The van der Waals surface area contributed by atoms with Gasteiger partial charge < -0.3 is 14.2 Å². The van der Waals surface area contributed by atoms with Gasteiger partial charge in [0.25, 0.3) is 0 Å². The van der Waals surface area contributed by atoms with Gasteiger partial charge in [0.15, 0.2) is 0 Å². The first-order chi connectivity index (χ1) is 13.8. The minimum absolute atomic E-state index is 0.0937. The molecule has 2 rings (SSSR count). The molecule has 0 aromatic rings. The standard InChI is InChI=1S/C25H46O3/c1-3-5-6-7-8-13-18-25(28-22-24-21-27-24,23-16-11-9-12-17-23)19-14-10-15-20-26-4-2/h4,23-24H,2-3,5-22H2,1H3.